The summed E-state index contributed by atoms with van der Waals surface area (Å²) in [5.41, 5.74) is 9.58. The first-order valence-electron chi connectivity index (χ1n) is 6.50. The number of hydrogen-bond acceptors (Lipinski definition) is 2. The summed E-state index contributed by atoms with van der Waals surface area (Å²) >= 11 is 1.98. The molecule has 0 aliphatic carbocycles. The molecule has 1 heterocycles. The highest BCUT2D eigenvalue weighted by Gasteiger charge is 2.13. The van der Waals surface area contributed by atoms with Gasteiger partial charge >= 0.3 is 0 Å². The lowest BCUT2D eigenvalue weighted by Crippen LogP contribution is -2.05. The maximum Gasteiger partial charge on any atom is 0.0506 e. The van der Waals surface area contributed by atoms with Crippen molar-refractivity contribution in [2.75, 3.05) is 5.73 Å². The second kappa shape index (κ2) is 5.27. The minimum Gasteiger partial charge on any atom is -0.398 e. The van der Waals surface area contributed by atoms with E-state index in [1.807, 2.05) is 23.9 Å². The van der Waals surface area contributed by atoms with Gasteiger partial charge in [-0.05, 0) is 37.3 Å². The lowest BCUT2D eigenvalue weighted by Gasteiger charge is -2.15. The zero-order chi connectivity index (χ0) is 13.3. The third kappa shape index (κ3) is 2.51. The molecular weight excluding hydrogens is 240 g/mol. The van der Waals surface area contributed by atoms with Crippen LogP contribution >= 0.6 is 11.8 Å². The third-order valence-corrected chi connectivity index (χ3v) is 4.21. The van der Waals surface area contributed by atoms with Crippen LogP contribution in [0.25, 0.3) is 10.9 Å². The molecule has 0 radical (unpaired) electrons. The van der Waals surface area contributed by atoms with Crippen molar-refractivity contribution in [1.29, 1.82) is 0 Å². The predicted molar refractivity (Wildman–Crippen MR) is 83.2 cm³/mol. The molecule has 3 heteroatoms. The van der Waals surface area contributed by atoms with Crippen molar-refractivity contribution in [2.24, 2.45) is 0 Å². The number of nitrogens with zero attached hydrogens (tertiary/aromatic N) is 1. The molecule has 18 heavy (non-hydrogen) atoms. The fraction of sp³-hybridized carbons (Fsp3) is 0.467. The van der Waals surface area contributed by atoms with Crippen LogP contribution in [0, 0.1) is 0 Å². The number of aromatic nitrogens is 1. The lowest BCUT2D eigenvalue weighted by atomic mass is 10.2. The summed E-state index contributed by atoms with van der Waals surface area (Å²) in [5.74, 6) is 1.05. The maximum atomic E-state index is 6.07. The van der Waals surface area contributed by atoms with Crippen LogP contribution in [0.5, 0.6) is 0 Å². The van der Waals surface area contributed by atoms with Gasteiger partial charge in [-0.15, -0.1) is 0 Å². The number of hydrogen-bond donors (Lipinski definition) is 1. The van der Waals surface area contributed by atoms with Gasteiger partial charge in [0.1, 0.15) is 0 Å². The first-order chi connectivity index (χ1) is 8.50. The number of nitrogen functional groups attached to an aromatic ring is 1. The van der Waals surface area contributed by atoms with Gasteiger partial charge in [-0.2, -0.15) is 11.8 Å². The molecule has 0 amide bonds. The van der Waals surface area contributed by atoms with Crippen molar-refractivity contribution in [2.45, 2.75) is 44.7 Å². The number of rotatable bonds is 4. The summed E-state index contributed by atoms with van der Waals surface area (Å²) in [5, 5.41) is 1.84. The van der Waals surface area contributed by atoms with Gasteiger partial charge in [-0.1, -0.05) is 19.9 Å². The quantitative estimate of drug-likeness (QED) is 0.825. The molecule has 0 atom stereocenters. The minimum absolute atomic E-state index is 0.465. The first-order valence-corrected chi connectivity index (χ1v) is 7.55. The number of benzene rings is 1. The minimum atomic E-state index is 0.465. The van der Waals surface area contributed by atoms with Crippen LogP contribution < -0.4 is 5.73 Å². The number of anilines is 1. The molecule has 1 aromatic heterocycles. The monoisotopic (exact) mass is 262 g/mol. The Hall–Kier alpha value is -1.09. The van der Waals surface area contributed by atoms with Gasteiger partial charge in [0.2, 0.25) is 0 Å². The van der Waals surface area contributed by atoms with E-state index < -0.39 is 0 Å². The second-order valence-corrected chi connectivity index (χ2v) is 6.80. The Bertz CT molecular complexity index is 541. The van der Waals surface area contributed by atoms with Crippen LogP contribution in [0.4, 0.5) is 5.69 Å². The summed E-state index contributed by atoms with van der Waals surface area (Å²) < 4.78 is 2.40. The van der Waals surface area contributed by atoms with Crippen molar-refractivity contribution in [1.82, 2.24) is 4.57 Å². The highest BCUT2D eigenvalue weighted by molar-refractivity contribution is 7.99. The smallest absolute Gasteiger partial charge is 0.0506 e. The van der Waals surface area contributed by atoms with Gasteiger partial charge < -0.3 is 10.3 Å². The van der Waals surface area contributed by atoms with Crippen molar-refractivity contribution >= 4 is 28.4 Å². The Balaban J connectivity index is 2.51. The van der Waals surface area contributed by atoms with Gasteiger partial charge in [0.05, 0.1) is 5.52 Å². The molecule has 0 aliphatic heterocycles. The van der Waals surface area contributed by atoms with Gasteiger partial charge in [-0.25, -0.2) is 0 Å². The van der Waals surface area contributed by atoms with E-state index >= 15 is 0 Å². The summed E-state index contributed by atoms with van der Waals surface area (Å²) in [4.78, 5) is 0. The van der Waals surface area contributed by atoms with E-state index in [1.54, 1.807) is 0 Å². The van der Waals surface area contributed by atoms with Crippen molar-refractivity contribution in [3.05, 3.63) is 30.0 Å². The van der Waals surface area contributed by atoms with Crippen LogP contribution in [0.2, 0.25) is 0 Å². The highest BCUT2D eigenvalue weighted by atomic mass is 32.2. The van der Waals surface area contributed by atoms with E-state index in [4.69, 9.17) is 5.73 Å². The van der Waals surface area contributed by atoms with E-state index in [2.05, 4.69) is 44.4 Å². The molecule has 2 N–H and O–H groups in total. The molecule has 98 valence electrons. The average Bonchev–Trinajstić information content (AvgIpc) is 2.66. The number of thioether (sulfide) groups is 1. The largest absolute Gasteiger partial charge is 0.398 e. The van der Waals surface area contributed by atoms with Crippen LogP contribution in [0.1, 0.15) is 39.4 Å². The SMILES string of the molecule is CC(C)SCc1cc2c(N)cccc2n1C(C)C. The van der Waals surface area contributed by atoms with E-state index in [1.165, 1.54) is 16.6 Å². The average molecular weight is 262 g/mol. The molecule has 2 nitrogen and oxygen atoms in total. The molecule has 1 aromatic carbocycles. The third-order valence-electron chi connectivity index (χ3n) is 3.08. The van der Waals surface area contributed by atoms with E-state index in [-0.39, 0.29) is 0 Å². The number of fused-ring (bicyclic) bond motifs is 1. The first kappa shape index (κ1) is 13.3. The zero-order valence-electron chi connectivity index (χ0n) is 11.6. The van der Waals surface area contributed by atoms with Gasteiger partial charge in [0.25, 0.3) is 0 Å². The van der Waals surface area contributed by atoms with Gasteiger partial charge in [0.15, 0.2) is 0 Å². The Morgan fingerprint density at radius 2 is 1.94 bits per heavy atom. The van der Waals surface area contributed by atoms with Crippen molar-refractivity contribution in [3.8, 4) is 0 Å². The molecule has 0 spiro atoms. The molecular formula is C15H22N2S. The molecule has 0 bridgehead atoms. The topological polar surface area (TPSA) is 30.9 Å². The van der Waals surface area contributed by atoms with E-state index in [0.717, 1.165) is 11.4 Å². The van der Waals surface area contributed by atoms with Gasteiger partial charge in [0, 0.05) is 28.6 Å². The van der Waals surface area contributed by atoms with Crippen LogP contribution in [-0.2, 0) is 5.75 Å². The summed E-state index contributed by atoms with van der Waals surface area (Å²) in [6.07, 6.45) is 0. The summed E-state index contributed by atoms with van der Waals surface area (Å²) in [7, 11) is 0. The highest BCUT2D eigenvalue weighted by Crippen LogP contribution is 2.30. The Morgan fingerprint density at radius 3 is 2.56 bits per heavy atom. The maximum absolute atomic E-state index is 6.07. The summed E-state index contributed by atoms with van der Waals surface area (Å²) in [6.45, 7) is 8.93. The molecule has 2 rings (SSSR count). The fourth-order valence-corrected chi connectivity index (χ4v) is 3.03. The standard InChI is InChI=1S/C15H22N2S/c1-10(2)17-12(9-18-11(3)4)8-13-14(16)6-5-7-15(13)17/h5-8,10-11H,9,16H2,1-4H3. The normalized spacial score (nSPS) is 11.9. The Kier molecular flexibility index (Phi) is 3.91. The number of nitrogens with two attached hydrogens (primary N) is 1. The fourth-order valence-electron chi connectivity index (χ4n) is 2.30. The van der Waals surface area contributed by atoms with Crippen LogP contribution in [0.3, 0.4) is 0 Å². The van der Waals surface area contributed by atoms with Crippen molar-refractivity contribution < 1.29 is 0 Å². The molecule has 0 saturated carbocycles. The van der Waals surface area contributed by atoms with Crippen LogP contribution in [0.15, 0.2) is 24.3 Å². The van der Waals surface area contributed by atoms with E-state index in [9.17, 15) is 0 Å². The summed E-state index contributed by atoms with van der Waals surface area (Å²) in [6, 6.07) is 8.89. The Morgan fingerprint density at radius 1 is 1.22 bits per heavy atom. The molecule has 0 fully saturated rings. The Labute approximate surface area is 114 Å². The second-order valence-electron chi connectivity index (χ2n) is 5.24. The molecule has 2 aromatic rings. The molecule has 0 aliphatic rings. The van der Waals surface area contributed by atoms with Gasteiger partial charge in [-0.3, -0.25) is 0 Å². The zero-order valence-corrected chi connectivity index (χ0v) is 12.4. The van der Waals surface area contributed by atoms with Crippen LogP contribution in [-0.4, -0.2) is 9.82 Å². The van der Waals surface area contributed by atoms with E-state index in [0.29, 0.717) is 11.3 Å². The predicted octanol–water partition coefficient (Wildman–Crippen LogP) is 4.45. The van der Waals surface area contributed by atoms with Crippen molar-refractivity contribution in [3.63, 3.8) is 0 Å². The molecule has 0 saturated heterocycles. The molecule has 0 unspecified atom stereocenters. The lowest BCUT2D eigenvalue weighted by molar-refractivity contribution is 0.606.